The largest absolute Gasteiger partial charge is 0.301 e. The maximum Gasteiger partial charge on any atom is 0.121 e. The normalized spacial score (nSPS) is 13.4. The number of nitrogens with two attached hydrogens (primary N) is 3. The molecular weight excluding hydrogens is 162 g/mol. The van der Waals surface area contributed by atoms with E-state index in [0.717, 1.165) is 32.1 Å². The Bertz CT molecular complexity index is 134. The summed E-state index contributed by atoms with van der Waals surface area (Å²) >= 11 is 0. The molecule has 0 atom stereocenters. The Morgan fingerprint density at radius 2 is 1.38 bits per heavy atom. The minimum absolute atomic E-state index is 0.0942. The lowest BCUT2D eigenvalue weighted by Gasteiger charge is -2.43. The highest BCUT2D eigenvalue weighted by atomic mass is 15.1. The second-order valence-electron chi connectivity index (χ2n) is 4.02. The second-order valence-corrected chi connectivity index (χ2v) is 4.02. The van der Waals surface area contributed by atoms with Gasteiger partial charge in [0.15, 0.2) is 0 Å². The van der Waals surface area contributed by atoms with Crippen molar-refractivity contribution in [3.05, 3.63) is 0 Å². The van der Waals surface area contributed by atoms with Gasteiger partial charge in [0.2, 0.25) is 0 Å². The quantitative estimate of drug-likeness (QED) is 0.552. The van der Waals surface area contributed by atoms with E-state index in [0.29, 0.717) is 0 Å². The van der Waals surface area contributed by atoms with E-state index in [1.165, 1.54) is 0 Å². The first-order chi connectivity index (χ1) is 5.93. The summed E-state index contributed by atoms with van der Waals surface area (Å²) in [6.45, 7) is 6.39. The first kappa shape index (κ1) is 12.9. The standard InChI is InChI=1S/C10H25N3/c1-4-7-8-9(5-2,6-3)10(11,12)13/h4-8,11-13H2,1-3H3. The molecule has 0 aromatic carbocycles. The van der Waals surface area contributed by atoms with Crippen LogP contribution in [0.3, 0.4) is 0 Å². The van der Waals surface area contributed by atoms with Crippen LogP contribution in [0.4, 0.5) is 0 Å². The van der Waals surface area contributed by atoms with E-state index in [2.05, 4.69) is 20.8 Å². The molecule has 0 saturated heterocycles. The van der Waals surface area contributed by atoms with Crippen molar-refractivity contribution < 1.29 is 0 Å². The third-order valence-electron chi connectivity index (χ3n) is 3.28. The summed E-state index contributed by atoms with van der Waals surface area (Å²) in [5.74, 6) is -1.04. The van der Waals surface area contributed by atoms with Gasteiger partial charge in [0.25, 0.3) is 0 Å². The molecule has 3 nitrogen and oxygen atoms in total. The average Bonchev–Trinajstić information content (AvgIpc) is 2.05. The van der Waals surface area contributed by atoms with Gasteiger partial charge in [-0.05, 0) is 19.3 Å². The summed E-state index contributed by atoms with van der Waals surface area (Å²) < 4.78 is 0. The monoisotopic (exact) mass is 187 g/mol. The first-order valence-corrected chi connectivity index (χ1v) is 5.30. The summed E-state index contributed by atoms with van der Waals surface area (Å²) in [5.41, 5.74) is 17.4. The zero-order valence-corrected chi connectivity index (χ0v) is 9.27. The van der Waals surface area contributed by atoms with E-state index in [1.807, 2.05) is 0 Å². The van der Waals surface area contributed by atoms with Gasteiger partial charge in [-0.15, -0.1) is 0 Å². The zero-order chi connectivity index (χ0) is 10.5. The molecule has 6 N–H and O–H groups in total. The van der Waals surface area contributed by atoms with Crippen LogP contribution >= 0.6 is 0 Å². The van der Waals surface area contributed by atoms with Crippen molar-refractivity contribution in [3.8, 4) is 0 Å². The Kier molecular flexibility index (Phi) is 4.89. The molecule has 0 saturated carbocycles. The molecule has 0 amide bonds. The van der Waals surface area contributed by atoms with Crippen LogP contribution in [-0.4, -0.2) is 5.79 Å². The van der Waals surface area contributed by atoms with Crippen molar-refractivity contribution >= 4 is 0 Å². The Balaban J connectivity index is 4.50. The fourth-order valence-electron chi connectivity index (χ4n) is 1.95. The molecule has 0 aromatic rings. The predicted molar refractivity (Wildman–Crippen MR) is 57.8 cm³/mol. The van der Waals surface area contributed by atoms with Crippen molar-refractivity contribution in [1.82, 2.24) is 0 Å². The van der Waals surface area contributed by atoms with Crippen molar-refractivity contribution in [2.45, 2.75) is 58.7 Å². The molecule has 0 aliphatic carbocycles. The van der Waals surface area contributed by atoms with Gasteiger partial charge in [-0.1, -0.05) is 33.6 Å². The predicted octanol–water partition coefficient (Wildman–Crippen LogP) is 1.51. The molecule has 0 spiro atoms. The fourth-order valence-corrected chi connectivity index (χ4v) is 1.95. The molecule has 3 heteroatoms. The maximum absolute atomic E-state index is 5.83. The number of hydrogen-bond acceptors (Lipinski definition) is 3. The van der Waals surface area contributed by atoms with Gasteiger partial charge >= 0.3 is 0 Å². The van der Waals surface area contributed by atoms with Gasteiger partial charge in [0.1, 0.15) is 5.79 Å². The lowest BCUT2D eigenvalue weighted by atomic mass is 9.72. The molecule has 0 aromatic heterocycles. The highest BCUT2D eigenvalue weighted by molar-refractivity contribution is 4.92. The Morgan fingerprint density at radius 1 is 0.923 bits per heavy atom. The topological polar surface area (TPSA) is 78.1 Å². The molecular formula is C10H25N3. The van der Waals surface area contributed by atoms with Crippen molar-refractivity contribution in [3.63, 3.8) is 0 Å². The summed E-state index contributed by atoms with van der Waals surface area (Å²) in [6, 6.07) is 0. The van der Waals surface area contributed by atoms with Crippen molar-refractivity contribution in [2.24, 2.45) is 22.6 Å². The molecule has 80 valence electrons. The van der Waals surface area contributed by atoms with E-state index >= 15 is 0 Å². The molecule has 0 aliphatic heterocycles. The average molecular weight is 187 g/mol. The van der Waals surface area contributed by atoms with Crippen LogP contribution in [0.15, 0.2) is 0 Å². The molecule has 0 radical (unpaired) electrons. The third kappa shape index (κ3) is 2.93. The van der Waals surface area contributed by atoms with Gasteiger partial charge in [0.05, 0.1) is 0 Å². The third-order valence-corrected chi connectivity index (χ3v) is 3.28. The van der Waals surface area contributed by atoms with Gasteiger partial charge in [-0.25, -0.2) is 0 Å². The molecule has 0 aliphatic rings. The van der Waals surface area contributed by atoms with E-state index in [9.17, 15) is 0 Å². The minimum atomic E-state index is -1.04. The Hall–Kier alpha value is -0.120. The smallest absolute Gasteiger partial charge is 0.121 e. The van der Waals surface area contributed by atoms with Crippen LogP contribution in [0.1, 0.15) is 52.9 Å². The van der Waals surface area contributed by atoms with Crippen LogP contribution in [0, 0.1) is 5.41 Å². The van der Waals surface area contributed by atoms with E-state index in [-0.39, 0.29) is 5.41 Å². The number of unbranched alkanes of at least 4 members (excludes halogenated alkanes) is 1. The van der Waals surface area contributed by atoms with Gasteiger partial charge in [-0.2, -0.15) is 0 Å². The zero-order valence-electron chi connectivity index (χ0n) is 9.27. The Labute approximate surface area is 82.0 Å². The van der Waals surface area contributed by atoms with Gasteiger partial charge < -0.3 is 17.2 Å². The van der Waals surface area contributed by atoms with E-state index < -0.39 is 5.79 Å². The van der Waals surface area contributed by atoms with Crippen LogP contribution < -0.4 is 17.2 Å². The molecule has 0 bridgehead atoms. The SMILES string of the molecule is CCCCC(CC)(CC)C(N)(N)N. The summed E-state index contributed by atoms with van der Waals surface area (Å²) in [7, 11) is 0. The van der Waals surface area contributed by atoms with Gasteiger partial charge in [-0.3, -0.25) is 0 Å². The van der Waals surface area contributed by atoms with Gasteiger partial charge in [0, 0.05) is 5.41 Å². The summed E-state index contributed by atoms with van der Waals surface area (Å²) in [6.07, 6.45) is 5.24. The molecule has 13 heavy (non-hydrogen) atoms. The van der Waals surface area contributed by atoms with Crippen molar-refractivity contribution in [2.75, 3.05) is 0 Å². The molecule has 0 rings (SSSR count). The van der Waals surface area contributed by atoms with Crippen LogP contribution in [0.25, 0.3) is 0 Å². The van der Waals surface area contributed by atoms with Crippen molar-refractivity contribution in [1.29, 1.82) is 0 Å². The lowest BCUT2D eigenvalue weighted by molar-refractivity contribution is 0.0979. The maximum atomic E-state index is 5.83. The Morgan fingerprint density at radius 3 is 1.62 bits per heavy atom. The molecule has 0 unspecified atom stereocenters. The molecule has 0 heterocycles. The fraction of sp³-hybridized carbons (Fsp3) is 1.00. The molecule has 0 fully saturated rings. The first-order valence-electron chi connectivity index (χ1n) is 5.30. The van der Waals surface area contributed by atoms with E-state index in [4.69, 9.17) is 17.2 Å². The lowest BCUT2D eigenvalue weighted by Crippen LogP contribution is -2.68. The number of rotatable bonds is 6. The van der Waals surface area contributed by atoms with Crippen LogP contribution in [-0.2, 0) is 0 Å². The summed E-state index contributed by atoms with van der Waals surface area (Å²) in [5, 5.41) is 0. The van der Waals surface area contributed by atoms with Crippen LogP contribution in [0.2, 0.25) is 0 Å². The highest BCUT2D eigenvalue weighted by Gasteiger charge is 2.39. The number of hydrogen-bond donors (Lipinski definition) is 3. The summed E-state index contributed by atoms with van der Waals surface area (Å²) in [4.78, 5) is 0. The highest BCUT2D eigenvalue weighted by Crippen LogP contribution is 2.36. The second kappa shape index (κ2) is 4.94. The minimum Gasteiger partial charge on any atom is -0.301 e. The van der Waals surface area contributed by atoms with E-state index in [1.54, 1.807) is 0 Å². The van der Waals surface area contributed by atoms with Crippen LogP contribution in [0.5, 0.6) is 0 Å².